The Morgan fingerprint density at radius 3 is 0.943 bits per heavy atom. The lowest BCUT2D eigenvalue weighted by atomic mass is 10.0. The van der Waals surface area contributed by atoms with Crippen molar-refractivity contribution in [3.8, 4) is 0 Å². The van der Waals surface area contributed by atoms with Crippen molar-refractivity contribution in [3.63, 3.8) is 0 Å². The quantitative estimate of drug-likeness (QED) is 0.0264. The van der Waals surface area contributed by atoms with Gasteiger partial charge in [0.05, 0.1) is 13.2 Å². The summed E-state index contributed by atoms with van der Waals surface area (Å²) in [7, 11) is -4.39. The van der Waals surface area contributed by atoms with Crippen molar-refractivity contribution in [2.75, 3.05) is 26.4 Å². The SMILES string of the molecule is CC/C=C\C/C=C\C/C=C\C/C=C\CCCCCCCCCCCCCCCCCCCCCCCCCCCCC(=O)OC(COC(=O)CCCCCCCCCCCCCCCCC/C=C\C/C=C\CCCCCCC)COP(=O)(O)OCCN. The molecule has 0 aliphatic heterocycles. The Kier molecular flexibility index (Phi) is 70.4. The summed E-state index contributed by atoms with van der Waals surface area (Å²) in [6, 6.07) is 0. The van der Waals surface area contributed by atoms with Gasteiger partial charge in [0.25, 0.3) is 0 Å². The third kappa shape index (κ3) is 72.4. The van der Waals surface area contributed by atoms with Gasteiger partial charge in [-0.25, -0.2) is 4.57 Å². The molecule has 0 saturated heterocycles. The molecule has 0 heterocycles. The summed E-state index contributed by atoms with van der Waals surface area (Å²) in [6.07, 6.45) is 95.9. The van der Waals surface area contributed by atoms with Gasteiger partial charge >= 0.3 is 19.8 Å². The van der Waals surface area contributed by atoms with Crippen LogP contribution in [0.25, 0.3) is 0 Å². The Labute approximate surface area is 539 Å². The van der Waals surface area contributed by atoms with Gasteiger partial charge < -0.3 is 20.1 Å². The molecule has 0 aliphatic carbocycles. The lowest BCUT2D eigenvalue weighted by molar-refractivity contribution is -0.161. The summed E-state index contributed by atoms with van der Waals surface area (Å²) in [5.41, 5.74) is 5.41. The number of nitrogens with two attached hydrogens (primary N) is 1. The molecule has 0 fully saturated rings. The fourth-order valence-electron chi connectivity index (χ4n) is 11.1. The lowest BCUT2D eigenvalue weighted by Gasteiger charge is -2.19. The molecular weight excluding hydrogens is 1100 g/mol. The van der Waals surface area contributed by atoms with E-state index in [1.54, 1.807) is 0 Å². The van der Waals surface area contributed by atoms with Crippen LogP contribution in [-0.2, 0) is 32.7 Å². The molecule has 0 aromatic carbocycles. The number of hydrogen-bond donors (Lipinski definition) is 2. The van der Waals surface area contributed by atoms with Gasteiger partial charge in [-0.15, -0.1) is 0 Å². The van der Waals surface area contributed by atoms with Crippen LogP contribution in [0.4, 0.5) is 0 Å². The largest absolute Gasteiger partial charge is 0.472 e. The van der Waals surface area contributed by atoms with Crippen molar-refractivity contribution >= 4 is 19.8 Å². The maximum atomic E-state index is 12.8. The highest BCUT2D eigenvalue weighted by Crippen LogP contribution is 2.43. The number of unbranched alkanes of at least 4 members (excludes halogenated alkanes) is 46. The Bertz CT molecular complexity index is 1660. The van der Waals surface area contributed by atoms with Crippen molar-refractivity contribution in [2.45, 2.75) is 380 Å². The number of rotatable bonds is 71. The highest BCUT2D eigenvalue weighted by molar-refractivity contribution is 7.47. The van der Waals surface area contributed by atoms with Gasteiger partial charge in [0.2, 0.25) is 0 Å². The van der Waals surface area contributed by atoms with E-state index in [1.165, 1.54) is 276 Å². The smallest absolute Gasteiger partial charge is 0.462 e. The van der Waals surface area contributed by atoms with Crippen LogP contribution in [0.2, 0.25) is 0 Å². The molecule has 0 bridgehead atoms. The van der Waals surface area contributed by atoms with Gasteiger partial charge in [-0.2, -0.15) is 0 Å². The first-order chi connectivity index (χ1) is 42.8. The first kappa shape index (κ1) is 84.5. The first-order valence-corrected chi connectivity index (χ1v) is 38.9. The molecule has 0 spiro atoms. The van der Waals surface area contributed by atoms with E-state index in [9.17, 15) is 19.0 Å². The molecule has 2 atom stereocenters. The summed E-state index contributed by atoms with van der Waals surface area (Å²) < 4.78 is 33.2. The Morgan fingerprint density at radius 2 is 0.632 bits per heavy atom. The van der Waals surface area contributed by atoms with E-state index in [0.717, 1.165) is 64.2 Å². The van der Waals surface area contributed by atoms with Gasteiger partial charge in [-0.3, -0.25) is 18.6 Å². The summed E-state index contributed by atoms with van der Waals surface area (Å²) in [5.74, 6) is -0.808. The third-order valence-electron chi connectivity index (χ3n) is 16.6. The van der Waals surface area contributed by atoms with E-state index in [4.69, 9.17) is 24.3 Å². The second-order valence-electron chi connectivity index (χ2n) is 25.1. The van der Waals surface area contributed by atoms with Crippen molar-refractivity contribution < 1.29 is 37.6 Å². The van der Waals surface area contributed by atoms with Crippen molar-refractivity contribution in [1.29, 1.82) is 0 Å². The lowest BCUT2D eigenvalue weighted by Crippen LogP contribution is -2.29. The summed E-state index contributed by atoms with van der Waals surface area (Å²) >= 11 is 0. The number of ether oxygens (including phenoxy) is 2. The van der Waals surface area contributed by atoms with E-state index in [0.29, 0.717) is 6.42 Å². The zero-order valence-electron chi connectivity index (χ0n) is 57.3. The van der Waals surface area contributed by atoms with Gasteiger partial charge in [0, 0.05) is 19.4 Å². The summed E-state index contributed by atoms with van der Waals surface area (Å²) in [5, 5.41) is 0. The molecule has 0 saturated carbocycles. The monoisotopic (exact) mass is 1240 g/mol. The molecule has 87 heavy (non-hydrogen) atoms. The Hall–Kier alpha value is -2.55. The summed E-state index contributed by atoms with van der Waals surface area (Å²) in [6.45, 7) is 3.68. The predicted molar refractivity (Wildman–Crippen MR) is 376 cm³/mol. The van der Waals surface area contributed by atoms with Crippen LogP contribution in [0.3, 0.4) is 0 Å². The first-order valence-electron chi connectivity index (χ1n) is 37.4. The van der Waals surface area contributed by atoms with Gasteiger partial charge in [-0.05, 0) is 83.5 Å². The van der Waals surface area contributed by atoms with Crippen molar-refractivity contribution in [2.24, 2.45) is 5.73 Å². The number of carbonyl (C=O) groups is 2. The fourth-order valence-corrected chi connectivity index (χ4v) is 11.8. The van der Waals surface area contributed by atoms with E-state index >= 15 is 0 Å². The minimum absolute atomic E-state index is 0.0545. The number of phosphoric ester groups is 1. The number of carbonyl (C=O) groups excluding carboxylic acids is 2. The fraction of sp³-hybridized carbons (Fsp3) is 0.818. The van der Waals surface area contributed by atoms with Crippen LogP contribution >= 0.6 is 7.82 Å². The maximum absolute atomic E-state index is 12.8. The average molecular weight is 1240 g/mol. The van der Waals surface area contributed by atoms with Crippen LogP contribution in [0, 0.1) is 0 Å². The number of phosphoric acid groups is 1. The molecule has 3 N–H and O–H groups in total. The van der Waals surface area contributed by atoms with Crippen LogP contribution in [0.1, 0.15) is 373 Å². The normalized spacial score (nSPS) is 13.3. The molecule has 0 aliphatic rings. The Balaban J connectivity index is 3.78. The van der Waals surface area contributed by atoms with E-state index in [1.807, 2.05) is 0 Å². The van der Waals surface area contributed by atoms with E-state index in [-0.39, 0.29) is 38.6 Å². The minimum Gasteiger partial charge on any atom is -0.462 e. The molecule has 508 valence electrons. The molecule has 10 heteroatoms. The molecule has 0 aromatic rings. The predicted octanol–water partition coefficient (Wildman–Crippen LogP) is 24.8. The van der Waals surface area contributed by atoms with Crippen molar-refractivity contribution in [1.82, 2.24) is 0 Å². The highest BCUT2D eigenvalue weighted by Gasteiger charge is 2.26. The third-order valence-corrected chi connectivity index (χ3v) is 17.6. The molecule has 0 amide bonds. The van der Waals surface area contributed by atoms with Crippen LogP contribution in [0.5, 0.6) is 0 Å². The van der Waals surface area contributed by atoms with Gasteiger partial charge in [0.15, 0.2) is 6.10 Å². The number of esters is 2. The zero-order valence-corrected chi connectivity index (χ0v) is 58.2. The topological polar surface area (TPSA) is 134 Å². The maximum Gasteiger partial charge on any atom is 0.472 e. The Morgan fingerprint density at radius 1 is 0.356 bits per heavy atom. The van der Waals surface area contributed by atoms with Gasteiger partial charge in [-0.1, -0.05) is 350 Å². The van der Waals surface area contributed by atoms with E-state index < -0.39 is 26.5 Å². The molecule has 9 nitrogen and oxygen atoms in total. The molecule has 0 rings (SSSR count). The van der Waals surface area contributed by atoms with Crippen LogP contribution in [0.15, 0.2) is 72.9 Å². The standard InChI is InChI=1S/C77H142NO8P/c1-3-5-7-9-11-13-15-17-19-21-23-25-27-29-31-32-33-34-35-36-37-38-39-40-41-42-44-46-48-50-52-54-56-58-60-62-64-66-68-70-77(80)86-75(74-85-87(81,82)84-72-71-78)73-83-76(79)69-67-65-63-61-59-57-55-53-51-49-47-45-43-30-28-26-24-22-20-18-16-14-12-10-8-6-4-2/h5,7,11,13,16-19,22-25,75H,3-4,6,8-10,12,14-15,20-21,26-74,78H2,1-2H3,(H,81,82)/b7-5-,13-11-,18-16-,19-17-,24-22-,25-23-. The van der Waals surface area contributed by atoms with Crippen molar-refractivity contribution in [3.05, 3.63) is 72.9 Å². The van der Waals surface area contributed by atoms with Crippen LogP contribution in [-0.4, -0.2) is 49.3 Å². The molecular formula is C77H142NO8P. The molecule has 2 unspecified atom stereocenters. The van der Waals surface area contributed by atoms with Crippen LogP contribution < -0.4 is 5.73 Å². The van der Waals surface area contributed by atoms with Gasteiger partial charge in [0.1, 0.15) is 6.61 Å². The summed E-state index contributed by atoms with van der Waals surface area (Å²) in [4.78, 5) is 35.4. The number of hydrogen-bond acceptors (Lipinski definition) is 8. The second-order valence-corrected chi connectivity index (χ2v) is 26.6. The zero-order chi connectivity index (χ0) is 63.0. The molecule has 0 radical (unpaired) electrons. The highest BCUT2D eigenvalue weighted by atomic mass is 31.2. The van der Waals surface area contributed by atoms with E-state index in [2.05, 4.69) is 86.8 Å². The average Bonchev–Trinajstić information content (AvgIpc) is 3.64. The second kappa shape index (κ2) is 72.5. The molecule has 0 aromatic heterocycles. The number of allylic oxidation sites excluding steroid dienone is 12. The minimum atomic E-state index is -4.39.